The molecular weight excluding hydrogens is 242 g/mol. The molecule has 96 valence electrons. The van der Waals surface area contributed by atoms with E-state index >= 15 is 0 Å². The summed E-state index contributed by atoms with van der Waals surface area (Å²) in [6.45, 7) is 0.214. The highest BCUT2D eigenvalue weighted by atomic mass is 19.1. The van der Waals surface area contributed by atoms with Crippen molar-refractivity contribution in [1.29, 1.82) is 5.26 Å². The predicted molar refractivity (Wildman–Crippen MR) is 61.2 cm³/mol. The average molecular weight is 254 g/mol. The second-order valence-corrected chi connectivity index (χ2v) is 3.82. The maximum atomic E-state index is 13.6. The van der Waals surface area contributed by atoms with E-state index in [9.17, 15) is 13.6 Å². The molecule has 1 aromatic rings. The van der Waals surface area contributed by atoms with E-state index in [4.69, 9.17) is 10.4 Å². The van der Waals surface area contributed by atoms with Gasteiger partial charge in [-0.3, -0.25) is 4.79 Å². The fraction of sp³-hybridized carbons (Fsp3) is 0.333. The molecule has 1 aromatic carbocycles. The molecule has 0 unspecified atom stereocenters. The topological polar surface area (TPSA) is 64.3 Å². The predicted octanol–water partition coefficient (Wildman–Crippen LogP) is 2.14. The largest absolute Gasteiger partial charge is 0.481 e. The number of nitriles is 1. The molecule has 0 bridgehead atoms. The minimum atomic E-state index is -0.954. The molecule has 0 saturated heterocycles. The molecule has 0 radical (unpaired) electrons. The number of hydrogen-bond donors (Lipinski definition) is 1. The minimum absolute atomic E-state index is 0.0656. The Labute approximate surface area is 103 Å². The zero-order valence-corrected chi connectivity index (χ0v) is 9.78. The van der Waals surface area contributed by atoms with Crippen LogP contribution in [0.2, 0.25) is 0 Å². The van der Waals surface area contributed by atoms with Gasteiger partial charge >= 0.3 is 5.97 Å². The zero-order valence-electron chi connectivity index (χ0n) is 9.78. The first-order valence-electron chi connectivity index (χ1n) is 5.27. The number of nitrogens with zero attached hydrogens (tertiary/aromatic N) is 2. The summed E-state index contributed by atoms with van der Waals surface area (Å²) in [6, 6.07) is 3.56. The Morgan fingerprint density at radius 1 is 1.44 bits per heavy atom. The van der Waals surface area contributed by atoms with Crippen molar-refractivity contribution in [1.82, 2.24) is 0 Å². The molecule has 0 amide bonds. The van der Waals surface area contributed by atoms with Crippen LogP contribution in [0, 0.1) is 23.0 Å². The maximum absolute atomic E-state index is 13.6. The van der Waals surface area contributed by atoms with Crippen LogP contribution in [-0.4, -0.2) is 24.7 Å². The first kappa shape index (κ1) is 13.9. The van der Waals surface area contributed by atoms with Gasteiger partial charge in [0.15, 0.2) is 11.6 Å². The molecule has 0 aliphatic heterocycles. The summed E-state index contributed by atoms with van der Waals surface area (Å²) in [4.78, 5) is 11.6. The van der Waals surface area contributed by atoms with E-state index in [1.165, 1.54) is 11.9 Å². The number of carboxylic acids is 1. The molecule has 0 aliphatic carbocycles. The number of anilines is 1. The summed E-state index contributed by atoms with van der Waals surface area (Å²) >= 11 is 0. The van der Waals surface area contributed by atoms with Gasteiger partial charge in [-0.15, -0.1) is 0 Å². The summed E-state index contributed by atoms with van der Waals surface area (Å²) in [5.74, 6) is -2.61. The number of benzene rings is 1. The van der Waals surface area contributed by atoms with Crippen LogP contribution in [0.1, 0.15) is 18.4 Å². The smallest absolute Gasteiger partial charge is 0.303 e. The molecule has 6 heteroatoms. The van der Waals surface area contributed by atoms with Crippen LogP contribution in [0.15, 0.2) is 12.1 Å². The van der Waals surface area contributed by atoms with Gasteiger partial charge in [0.05, 0.1) is 11.6 Å². The lowest BCUT2D eigenvalue weighted by molar-refractivity contribution is -0.137. The van der Waals surface area contributed by atoms with Gasteiger partial charge < -0.3 is 10.0 Å². The number of halogens is 2. The fourth-order valence-corrected chi connectivity index (χ4v) is 1.57. The third-order valence-corrected chi connectivity index (χ3v) is 2.41. The summed E-state index contributed by atoms with van der Waals surface area (Å²) in [5.41, 5.74) is -0.341. The Morgan fingerprint density at radius 2 is 2.00 bits per heavy atom. The van der Waals surface area contributed by atoms with Crippen molar-refractivity contribution in [2.24, 2.45) is 0 Å². The van der Waals surface area contributed by atoms with E-state index in [0.29, 0.717) is 0 Å². The van der Waals surface area contributed by atoms with Crippen LogP contribution in [0.5, 0.6) is 0 Å². The first-order chi connectivity index (χ1) is 8.45. The van der Waals surface area contributed by atoms with Crippen LogP contribution in [0.3, 0.4) is 0 Å². The molecule has 0 spiro atoms. The lowest BCUT2D eigenvalue weighted by Gasteiger charge is -2.20. The molecule has 4 nitrogen and oxygen atoms in total. The van der Waals surface area contributed by atoms with Crippen molar-refractivity contribution in [2.45, 2.75) is 12.8 Å². The van der Waals surface area contributed by atoms with Crippen molar-refractivity contribution in [2.75, 3.05) is 18.5 Å². The SMILES string of the molecule is CN(CCCC(=O)O)c1c(F)cc(C#N)cc1F. The highest BCUT2D eigenvalue weighted by molar-refractivity contribution is 5.66. The Hall–Kier alpha value is -2.16. The van der Waals surface area contributed by atoms with Gasteiger partial charge in [-0.05, 0) is 18.6 Å². The van der Waals surface area contributed by atoms with Crippen molar-refractivity contribution < 1.29 is 18.7 Å². The van der Waals surface area contributed by atoms with Crippen molar-refractivity contribution in [3.63, 3.8) is 0 Å². The van der Waals surface area contributed by atoms with Crippen LogP contribution < -0.4 is 4.90 Å². The second-order valence-electron chi connectivity index (χ2n) is 3.82. The number of carbonyl (C=O) groups is 1. The van der Waals surface area contributed by atoms with Gasteiger partial charge in [-0.25, -0.2) is 8.78 Å². The minimum Gasteiger partial charge on any atom is -0.481 e. The lowest BCUT2D eigenvalue weighted by atomic mass is 10.2. The quantitative estimate of drug-likeness (QED) is 0.874. The third-order valence-electron chi connectivity index (χ3n) is 2.41. The highest BCUT2D eigenvalue weighted by Crippen LogP contribution is 2.24. The molecule has 1 N–H and O–H groups in total. The number of aliphatic carboxylic acids is 1. The summed E-state index contributed by atoms with van der Waals surface area (Å²) in [5, 5.41) is 17.0. The second kappa shape index (κ2) is 5.96. The van der Waals surface area contributed by atoms with Gasteiger partial charge in [-0.2, -0.15) is 5.26 Å². The highest BCUT2D eigenvalue weighted by Gasteiger charge is 2.15. The van der Waals surface area contributed by atoms with Crippen molar-refractivity contribution >= 4 is 11.7 Å². The Balaban J connectivity index is 2.83. The van der Waals surface area contributed by atoms with Gasteiger partial charge in [0.25, 0.3) is 0 Å². The van der Waals surface area contributed by atoms with Crippen molar-refractivity contribution in [3.05, 3.63) is 29.3 Å². The van der Waals surface area contributed by atoms with E-state index in [1.807, 2.05) is 0 Å². The Bertz CT molecular complexity index is 474. The molecule has 0 atom stereocenters. The van der Waals surface area contributed by atoms with Crippen LogP contribution in [-0.2, 0) is 4.79 Å². The number of hydrogen-bond acceptors (Lipinski definition) is 3. The van der Waals surface area contributed by atoms with E-state index in [0.717, 1.165) is 12.1 Å². The summed E-state index contributed by atoms with van der Waals surface area (Å²) < 4.78 is 27.2. The third kappa shape index (κ3) is 3.42. The Kier molecular flexibility index (Phi) is 4.60. The Morgan fingerprint density at radius 3 is 2.44 bits per heavy atom. The van der Waals surface area contributed by atoms with E-state index in [1.54, 1.807) is 6.07 Å². The molecule has 0 saturated carbocycles. The summed E-state index contributed by atoms with van der Waals surface area (Å²) in [6.07, 6.45) is 0.217. The standard InChI is InChI=1S/C12H12F2N2O2/c1-16(4-2-3-11(17)18)12-9(13)5-8(7-15)6-10(12)14/h5-6H,2-4H2,1H3,(H,17,18). The number of rotatable bonds is 5. The van der Waals surface area contributed by atoms with Crippen LogP contribution in [0.25, 0.3) is 0 Å². The molecule has 0 fully saturated rings. The van der Waals surface area contributed by atoms with Crippen LogP contribution in [0.4, 0.5) is 14.5 Å². The lowest BCUT2D eigenvalue weighted by Crippen LogP contribution is -2.22. The normalized spacial score (nSPS) is 9.89. The molecular formula is C12H12F2N2O2. The van der Waals surface area contributed by atoms with Gasteiger partial charge in [0.1, 0.15) is 5.69 Å². The monoisotopic (exact) mass is 254 g/mol. The van der Waals surface area contributed by atoms with Crippen LogP contribution >= 0.6 is 0 Å². The molecule has 0 aromatic heterocycles. The zero-order chi connectivity index (χ0) is 13.7. The summed E-state index contributed by atoms with van der Waals surface area (Å²) in [7, 11) is 1.47. The average Bonchev–Trinajstić information content (AvgIpc) is 2.27. The number of carboxylic acid groups (broad SMARTS) is 1. The van der Waals surface area contributed by atoms with E-state index < -0.39 is 17.6 Å². The van der Waals surface area contributed by atoms with Gasteiger partial charge in [-0.1, -0.05) is 0 Å². The maximum Gasteiger partial charge on any atom is 0.303 e. The van der Waals surface area contributed by atoms with Crippen molar-refractivity contribution in [3.8, 4) is 6.07 Å². The van der Waals surface area contributed by atoms with Gasteiger partial charge in [0, 0.05) is 20.0 Å². The fourth-order valence-electron chi connectivity index (χ4n) is 1.57. The molecule has 0 heterocycles. The molecule has 0 aliphatic rings. The first-order valence-corrected chi connectivity index (χ1v) is 5.27. The molecule has 18 heavy (non-hydrogen) atoms. The molecule has 1 rings (SSSR count). The van der Waals surface area contributed by atoms with Gasteiger partial charge in [0.2, 0.25) is 0 Å². The van der Waals surface area contributed by atoms with E-state index in [2.05, 4.69) is 0 Å². The van der Waals surface area contributed by atoms with E-state index in [-0.39, 0.29) is 30.6 Å².